The smallest absolute Gasteiger partial charge is 0.0726 e. The van der Waals surface area contributed by atoms with Crippen molar-refractivity contribution in [3.05, 3.63) is 283 Å². The van der Waals surface area contributed by atoms with Crippen LogP contribution < -0.4 is 4.90 Å². The Hall–Kier alpha value is -8.78. The van der Waals surface area contributed by atoms with E-state index in [2.05, 4.69) is 266 Å². The van der Waals surface area contributed by atoms with Crippen molar-refractivity contribution >= 4 is 49.4 Å². The van der Waals surface area contributed by atoms with E-state index in [1.165, 1.54) is 105 Å². The highest BCUT2D eigenvalue weighted by atomic mass is 15.1. The number of benzene rings is 12. The summed E-state index contributed by atoms with van der Waals surface area (Å²) >= 11 is 0. The Balaban J connectivity index is 1.15. The molecule has 14 rings (SSSR count). The Labute approximate surface area is 396 Å². The molecule has 0 amide bonds. The summed E-state index contributed by atoms with van der Waals surface area (Å²) in [5.74, 6) is 0. The number of hydrogen-bond donors (Lipinski definition) is 0. The average Bonchev–Trinajstić information content (AvgIpc) is 3.88. The maximum absolute atomic E-state index is 2.58. The summed E-state index contributed by atoms with van der Waals surface area (Å²) in [5.41, 5.74) is 20.3. The monoisotopic (exact) mass is 861 g/mol. The van der Waals surface area contributed by atoms with Crippen LogP contribution in [0.2, 0.25) is 0 Å². The van der Waals surface area contributed by atoms with Crippen LogP contribution >= 0.6 is 0 Å². The predicted octanol–water partition coefficient (Wildman–Crippen LogP) is 18.0. The van der Waals surface area contributed by atoms with Gasteiger partial charge in [0.05, 0.1) is 16.8 Å². The third kappa shape index (κ3) is 5.51. The molecule has 12 aromatic carbocycles. The highest BCUT2D eigenvalue weighted by Crippen LogP contribution is 2.64. The van der Waals surface area contributed by atoms with Gasteiger partial charge in [-0.05, 0) is 129 Å². The Morgan fingerprint density at radius 1 is 0.221 bits per heavy atom. The molecule has 2 aliphatic rings. The van der Waals surface area contributed by atoms with Gasteiger partial charge >= 0.3 is 0 Å². The number of hydrogen-bond acceptors (Lipinski definition) is 1. The van der Waals surface area contributed by atoms with Crippen molar-refractivity contribution in [3.63, 3.8) is 0 Å². The lowest BCUT2D eigenvalue weighted by molar-refractivity contribution is 0.794. The van der Waals surface area contributed by atoms with Crippen LogP contribution in [0, 0.1) is 0 Å². The molecular formula is C67H43N. The molecule has 0 radical (unpaired) electrons. The summed E-state index contributed by atoms with van der Waals surface area (Å²) in [7, 11) is 0. The van der Waals surface area contributed by atoms with Crippen molar-refractivity contribution in [2.24, 2.45) is 0 Å². The predicted molar refractivity (Wildman–Crippen MR) is 286 cm³/mol. The maximum atomic E-state index is 2.58. The minimum atomic E-state index is -0.533. The lowest BCUT2D eigenvalue weighted by Gasteiger charge is -2.34. The van der Waals surface area contributed by atoms with Crippen LogP contribution in [0.5, 0.6) is 0 Å². The van der Waals surface area contributed by atoms with Gasteiger partial charge in [0, 0.05) is 16.8 Å². The van der Waals surface area contributed by atoms with Crippen molar-refractivity contribution in [2.45, 2.75) is 5.41 Å². The van der Waals surface area contributed by atoms with Crippen LogP contribution in [0.4, 0.5) is 17.1 Å². The molecule has 0 atom stereocenters. The summed E-state index contributed by atoms with van der Waals surface area (Å²) in [6.45, 7) is 0. The van der Waals surface area contributed by atoms with Crippen LogP contribution in [0.3, 0.4) is 0 Å². The zero-order chi connectivity index (χ0) is 44.8. The maximum Gasteiger partial charge on any atom is 0.0726 e. The van der Waals surface area contributed by atoms with Gasteiger partial charge in [-0.25, -0.2) is 0 Å². The fourth-order valence-electron chi connectivity index (χ4n) is 12.1. The number of rotatable bonds is 6. The van der Waals surface area contributed by atoms with Crippen molar-refractivity contribution in [2.75, 3.05) is 4.90 Å². The number of para-hydroxylation sites is 1. The van der Waals surface area contributed by atoms with E-state index in [1.807, 2.05) is 0 Å². The molecule has 0 aromatic heterocycles. The lowest BCUT2D eigenvalue weighted by atomic mass is 9.70. The summed E-state index contributed by atoms with van der Waals surface area (Å²) in [6, 6.07) is 97.2. The van der Waals surface area contributed by atoms with E-state index < -0.39 is 5.41 Å². The summed E-state index contributed by atoms with van der Waals surface area (Å²) in [4.78, 5) is 2.58. The second-order valence-electron chi connectivity index (χ2n) is 18.3. The van der Waals surface area contributed by atoms with Gasteiger partial charge in [0.2, 0.25) is 0 Å². The second-order valence-corrected chi connectivity index (χ2v) is 18.3. The molecule has 12 aromatic rings. The van der Waals surface area contributed by atoms with Crippen molar-refractivity contribution < 1.29 is 0 Å². The van der Waals surface area contributed by atoms with E-state index in [0.717, 1.165) is 22.6 Å². The molecule has 0 N–H and O–H groups in total. The lowest BCUT2D eigenvalue weighted by Crippen LogP contribution is -2.26. The third-order valence-corrected chi connectivity index (χ3v) is 14.9. The summed E-state index contributed by atoms with van der Waals surface area (Å²) < 4.78 is 0. The van der Waals surface area contributed by atoms with Crippen LogP contribution in [0.25, 0.3) is 88.0 Å². The minimum absolute atomic E-state index is 0.533. The normalized spacial score (nSPS) is 12.8. The average molecular weight is 862 g/mol. The molecule has 1 spiro atoms. The SMILES string of the molecule is c1ccc(-c2ccccc2-c2cc3c(cc2N(c2ccc4c5ccccc5c5ccccc5c4c2)c2ccccc2-c2ccccc2)C2(c4ccccc4-c4ccccc42)c2ccccc2-3)cc1. The molecule has 0 saturated heterocycles. The Morgan fingerprint density at radius 3 is 1.21 bits per heavy atom. The number of nitrogens with zero attached hydrogens (tertiary/aromatic N) is 1. The molecule has 0 fully saturated rings. The van der Waals surface area contributed by atoms with Gasteiger partial charge in [0.25, 0.3) is 0 Å². The third-order valence-electron chi connectivity index (χ3n) is 14.9. The standard InChI is InChI=1S/C67H43N/c1-3-21-44(22-4-1)47-25-7-8-27-49(47)60-42-59-57-34-15-19-37-63(57)67(61-35-17-13-32-55(61)56-33-14-18-36-62(56)67)64(59)43-66(60)68(65-38-20-16-26-48(65)45-23-5-2-6-24-45)46-39-40-54-52-30-10-9-28-50(52)51-29-11-12-31-53(51)58(54)41-46/h1-43H. The van der Waals surface area contributed by atoms with Gasteiger partial charge in [-0.3, -0.25) is 0 Å². The highest BCUT2D eigenvalue weighted by molar-refractivity contribution is 6.26. The molecule has 0 bridgehead atoms. The zero-order valence-corrected chi connectivity index (χ0v) is 37.3. The van der Waals surface area contributed by atoms with E-state index >= 15 is 0 Å². The molecule has 0 heterocycles. The van der Waals surface area contributed by atoms with Gasteiger partial charge in [-0.2, -0.15) is 0 Å². The van der Waals surface area contributed by atoms with E-state index in [0.29, 0.717) is 0 Å². The van der Waals surface area contributed by atoms with Crippen LogP contribution in [0.1, 0.15) is 22.3 Å². The Kier molecular flexibility index (Phi) is 8.57. The molecule has 68 heavy (non-hydrogen) atoms. The van der Waals surface area contributed by atoms with Crippen molar-refractivity contribution in [1.82, 2.24) is 0 Å². The molecule has 1 nitrogen and oxygen atoms in total. The molecule has 0 aliphatic heterocycles. The van der Waals surface area contributed by atoms with Gasteiger partial charge in [0.15, 0.2) is 0 Å². The first-order valence-corrected chi connectivity index (χ1v) is 23.7. The molecular weight excluding hydrogens is 819 g/mol. The molecule has 0 saturated carbocycles. The van der Waals surface area contributed by atoms with E-state index in [9.17, 15) is 0 Å². The van der Waals surface area contributed by atoms with E-state index in [1.54, 1.807) is 0 Å². The summed E-state index contributed by atoms with van der Waals surface area (Å²) in [5, 5.41) is 7.52. The quantitative estimate of drug-likeness (QED) is 0.151. The Bertz CT molecular complexity index is 3900. The second kappa shape index (κ2) is 15.1. The fourth-order valence-corrected chi connectivity index (χ4v) is 12.1. The first kappa shape index (κ1) is 38.5. The Morgan fingerprint density at radius 2 is 0.632 bits per heavy atom. The van der Waals surface area contributed by atoms with Crippen molar-refractivity contribution in [1.29, 1.82) is 0 Å². The number of fused-ring (bicyclic) bond motifs is 16. The van der Waals surface area contributed by atoms with Gasteiger partial charge in [-0.1, -0.05) is 231 Å². The first-order valence-electron chi connectivity index (χ1n) is 23.7. The fraction of sp³-hybridized carbons (Fsp3) is 0.0149. The van der Waals surface area contributed by atoms with Gasteiger partial charge in [-0.15, -0.1) is 0 Å². The molecule has 1 heteroatoms. The number of anilines is 3. The topological polar surface area (TPSA) is 3.24 Å². The zero-order valence-electron chi connectivity index (χ0n) is 37.3. The van der Waals surface area contributed by atoms with E-state index in [-0.39, 0.29) is 0 Å². The molecule has 2 aliphatic carbocycles. The van der Waals surface area contributed by atoms with E-state index in [4.69, 9.17) is 0 Å². The minimum Gasteiger partial charge on any atom is -0.309 e. The first-order chi connectivity index (χ1) is 33.8. The van der Waals surface area contributed by atoms with Crippen LogP contribution in [0.15, 0.2) is 261 Å². The highest BCUT2D eigenvalue weighted by Gasteiger charge is 2.52. The molecule has 316 valence electrons. The van der Waals surface area contributed by atoms with Crippen LogP contribution in [-0.2, 0) is 5.41 Å². The van der Waals surface area contributed by atoms with Crippen molar-refractivity contribution in [3.8, 4) is 55.6 Å². The van der Waals surface area contributed by atoms with Crippen LogP contribution in [-0.4, -0.2) is 0 Å². The largest absolute Gasteiger partial charge is 0.309 e. The molecule has 0 unspecified atom stereocenters. The summed E-state index contributed by atoms with van der Waals surface area (Å²) in [6.07, 6.45) is 0. The van der Waals surface area contributed by atoms with Gasteiger partial charge < -0.3 is 4.90 Å². The van der Waals surface area contributed by atoms with Gasteiger partial charge in [0.1, 0.15) is 0 Å².